The highest BCUT2D eigenvalue weighted by atomic mass is 28.7. The Kier molecular flexibility index (Phi) is 19.0. The molecule has 0 aromatic heterocycles. The third-order valence-corrected chi connectivity index (χ3v) is 63.3. The Morgan fingerprint density at radius 1 is 0.357 bits per heavy atom. The summed E-state index contributed by atoms with van der Waals surface area (Å²) in [6.45, 7) is 45.1. The molecule has 0 amide bonds. The second-order valence-corrected chi connectivity index (χ2v) is 76.1. The Balaban J connectivity index is 2.33. The van der Waals surface area contributed by atoms with E-state index in [1.54, 1.807) is 111 Å². The first-order valence-electron chi connectivity index (χ1n) is 21.9. The molecule has 0 radical (unpaired) electrons. The van der Waals surface area contributed by atoms with Gasteiger partial charge < -0.3 is 111 Å². The first kappa shape index (κ1) is 64.1. The minimum absolute atomic E-state index is 0.367. The molecule has 26 nitrogen and oxygen atoms in total. The summed E-state index contributed by atoms with van der Waals surface area (Å²) in [4.78, 5) is 76.0. The minimum atomic E-state index is -6.30. The van der Waals surface area contributed by atoms with Crippen molar-refractivity contribution < 1.29 is 111 Å². The fourth-order valence-corrected chi connectivity index (χ4v) is 66.5. The summed E-state index contributed by atoms with van der Waals surface area (Å²) >= 11 is 0. The predicted molar refractivity (Wildman–Crippen MR) is 284 cm³/mol. The zero-order valence-electron chi connectivity index (χ0n) is 43.2. The Labute approximate surface area is 430 Å². The predicted octanol–water partition coefficient (Wildman–Crippen LogP) is 2.43. The van der Waals surface area contributed by atoms with Gasteiger partial charge in [0.15, 0.2) is 25.0 Å². The largest absolute Gasteiger partial charge is 0.659 e. The van der Waals surface area contributed by atoms with Crippen LogP contribution in [0.25, 0.3) is 0 Å². The summed E-state index contributed by atoms with van der Waals surface area (Å²) in [5.41, 5.74) is 5.73. The van der Waals surface area contributed by atoms with E-state index >= 15 is 0 Å². The van der Waals surface area contributed by atoms with Crippen molar-refractivity contribution in [2.45, 2.75) is 124 Å². The molecule has 0 aromatic carbocycles. The molecule has 70 heavy (non-hydrogen) atoms. The maximum absolute atomic E-state index is 12.9. The average molecular weight is 1290 g/mol. The maximum atomic E-state index is 12.9. The maximum Gasteiger partial charge on any atom is 0.659 e. The van der Waals surface area contributed by atoms with Crippen LogP contribution < -0.4 is 0 Å². The van der Waals surface area contributed by atoms with Crippen molar-refractivity contribution in [1.29, 1.82) is 0 Å². The lowest BCUT2D eigenvalue weighted by Gasteiger charge is -2.55. The summed E-state index contributed by atoms with van der Waals surface area (Å²) in [5, 5.41) is 0. The first-order chi connectivity index (χ1) is 30.9. The van der Waals surface area contributed by atoms with Gasteiger partial charge in [-0.2, -0.15) is 0 Å². The topological polar surface area (TPSA) is 306 Å². The van der Waals surface area contributed by atoms with Crippen LogP contribution in [-0.4, -0.2) is 177 Å². The van der Waals surface area contributed by atoms with Gasteiger partial charge in [-0.3, -0.25) is 0 Å². The molecular weight excluding hydrogens is 1220 g/mol. The van der Waals surface area contributed by atoms with Gasteiger partial charge in [-0.25, -0.2) is 0 Å². The monoisotopic (exact) mass is 1290 g/mol. The van der Waals surface area contributed by atoms with Crippen molar-refractivity contribution in [1.82, 2.24) is 0 Å². The van der Waals surface area contributed by atoms with E-state index in [1.165, 1.54) is 29.7 Å². The lowest BCUT2D eigenvalue weighted by molar-refractivity contribution is -0.101. The van der Waals surface area contributed by atoms with Crippen LogP contribution in [0.1, 0.15) is 6.92 Å². The molecule has 0 aliphatic carbocycles. The van der Waals surface area contributed by atoms with Gasteiger partial charge in [0.2, 0.25) is 33.3 Å². The molecule has 4 aliphatic heterocycles. The van der Waals surface area contributed by atoms with Gasteiger partial charge >= 0.3 is 90.2 Å². The zero-order valence-corrected chi connectivity index (χ0v) is 60.2. The third-order valence-electron chi connectivity index (χ3n) is 8.64. The van der Waals surface area contributed by atoms with Gasteiger partial charge in [0.05, 0.1) is 0 Å². The molecule has 10 unspecified atom stereocenters. The van der Waals surface area contributed by atoms with Gasteiger partial charge in [0.1, 0.15) is 0 Å². The molecule has 5 bridgehead atoms. The zero-order chi connectivity index (χ0) is 54.2. The van der Waals surface area contributed by atoms with Gasteiger partial charge in [-0.1, -0.05) is 29.7 Å². The van der Waals surface area contributed by atoms with Gasteiger partial charge in [0, 0.05) is 6.04 Å². The molecule has 4 aliphatic rings. The molecule has 406 valence electrons. The van der Waals surface area contributed by atoms with Crippen LogP contribution in [0.15, 0.2) is 49.1 Å². The van der Waals surface area contributed by atoms with E-state index < -0.39 is 148 Å². The Hall–Kier alpha value is 1.61. The smallest absolute Gasteiger partial charge is 0.396 e. The summed E-state index contributed by atoms with van der Waals surface area (Å²) in [6, 6.07) is -0.367. The summed E-state index contributed by atoms with van der Waals surface area (Å²) in [5.74, 6) is 0. The highest BCUT2D eigenvalue weighted by Gasteiger charge is 2.87. The second-order valence-electron chi connectivity index (χ2n) is 21.3. The van der Waals surface area contributed by atoms with Crippen LogP contribution in [0, 0.1) is 0 Å². The van der Waals surface area contributed by atoms with Crippen molar-refractivity contribution in [3.05, 3.63) is 49.1 Å². The van der Waals surface area contributed by atoms with Crippen molar-refractivity contribution in [3.63, 3.8) is 0 Å². The van der Waals surface area contributed by atoms with Gasteiger partial charge in [-0.15, -0.1) is 26.3 Å². The van der Waals surface area contributed by atoms with Gasteiger partial charge in [0.25, 0.3) is 0 Å². The molecular formula is C27H74O26Si17. The molecule has 4 heterocycles. The standard InChI is InChI=1S/C27H74O26Si17/c1-23-57(15,16)37-63(30)43-64(31,38-58(17,18)24-2)45-66(33)46-65(32,44-63)48-68(36-56(12,13)14)50-67(35-55(9,10)11,39-59(19,20)25-3)51-69(40-60(21,22)26-4)42-61(28,27-5)41-62(29,34-54(6,7)8)47-70(49-66,52-68)53-69/h23-26,28-33H,1-4,27H2,5-22H3. The minimum Gasteiger partial charge on any atom is -0.396 e. The van der Waals surface area contributed by atoms with E-state index in [9.17, 15) is 28.8 Å². The lowest BCUT2D eigenvalue weighted by Crippen LogP contribution is -2.87. The number of fused-ring (bicyclic) bond motifs is 4. The Bertz CT molecular complexity index is 1970. The summed E-state index contributed by atoms with van der Waals surface area (Å²) in [6.07, 6.45) is 0. The molecule has 1 spiro atoms. The highest BCUT2D eigenvalue weighted by Crippen LogP contribution is 2.47. The van der Waals surface area contributed by atoms with E-state index in [0.29, 0.717) is 0 Å². The quantitative estimate of drug-likeness (QED) is 0.101. The fraction of sp³-hybridized carbons (Fsp3) is 0.704. The molecule has 4 rings (SSSR count). The highest BCUT2D eigenvalue weighted by molar-refractivity contribution is 7.01. The van der Waals surface area contributed by atoms with Crippen LogP contribution in [0.4, 0.5) is 0 Å². The number of hydrogen-bond donors (Lipinski definition) is 6. The van der Waals surface area contributed by atoms with E-state index in [1.807, 2.05) is 0 Å². The van der Waals surface area contributed by atoms with Crippen molar-refractivity contribution in [2.24, 2.45) is 0 Å². The summed E-state index contributed by atoms with van der Waals surface area (Å²) < 4.78 is 130. The number of hydrogen-bond acceptors (Lipinski definition) is 26. The normalized spacial score (nSPS) is 39.7. The SMILES string of the molecule is C=C[Si](C)(C)O[Si]1(O)O[Si](O)(O[Si](C)(C)C=C)O[Si]2(O)O[Si](O)(O1)O[Si]1(O[Si](C)(C)C)O[Si](O[Si](C)(C)C)(O[Si](C)(C)C=C)O[Si]3(O[Si](C)(C)C=C)O[Si](O)(CC)O[Si](O)(O[Si](C)(C)C)O[Si](O2)(O3)O1. The molecule has 43 heteroatoms. The molecule has 0 saturated carbocycles. The summed E-state index contributed by atoms with van der Waals surface area (Å²) in [7, 11) is -80.8. The Morgan fingerprint density at radius 2 is 0.729 bits per heavy atom. The first-order valence-corrected chi connectivity index (χ1v) is 60.9. The fourth-order valence-electron chi connectivity index (χ4n) is 5.73. The molecule has 4 fully saturated rings. The number of rotatable bonds is 19. The van der Waals surface area contributed by atoms with E-state index in [4.69, 9.17) is 82.3 Å². The average Bonchev–Trinajstić information content (AvgIpc) is 3.04. The van der Waals surface area contributed by atoms with Crippen LogP contribution in [-0.2, 0) is 82.3 Å². The van der Waals surface area contributed by atoms with Crippen LogP contribution >= 0.6 is 0 Å². The van der Waals surface area contributed by atoms with E-state index in [2.05, 4.69) is 26.3 Å². The van der Waals surface area contributed by atoms with Crippen LogP contribution in [0.5, 0.6) is 0 Å². The van der Waals surface area contributed by atoms with Crippen molar-refractivity contribution in [2.75, 3.05) is 0 Å². The second kappa shape index (κ2) is 20.7. The molecule has 4 saturated heterocycles. The lowest BCUT2D eigenvalue weighted by atomic mass is 11.0. The van der Waals surface area contributed by atoms with Crippen LogP contribution in [0.2, 0.25) is 117 Å². The van der Waals surface area contributed by atoms with Crippen molar-refractivity contribution >= 4 is 148 Å². The van der Waals surface area contributed by atoms with Gasteiger partial charge in [-0.05, 0) is 111 Å². The molecule has 10 atom stereocenters. The van der Waals surface area contributed by atoms with Crippen LogP contribution in [0.3, 0.4) is 0 Å². The third kappa shape index (κ3) is 17.6. The van der Waals surface area contributed by atoms with E-state index in [0.717, 1.165) is 0 Å². The Morgan fingerprint density at radius 3 is 1.13 bits per heavy atom. The van der Waals surface area contributed by atoms with Crippen molar-refractivity contribution in [3.8, 4) is 0 Å². The molecule has 0 aromatic rings. The van der Waals surface area contributed by atoms with E-state index in [-0.39, 0.29) is 6.04 Å². The molecule has 6 N–H and O–H groups in total.